The first-order valence-electron chi connectivity index (χ1n) is 9.16. The monoisotopic (exact) mass is 404 g/mol. The van der Waals surface area contributed by atoms with Crippen LogP contribution in [0.5, 0.6) is 0 Å². The second kappa shape index (κ2) is 6.32. The summed E-state index contributed by atoms with van der Waals surface area (Å²) in [4.78, 5) is 23.4. The summed E-state index contributed by atoms with van der Waals surface area (Å²) < 4.78 is 37.5. The number of carbonyl (C=O) groups excluding carboxylic acids is 2. The molecule has 0 saturated heterocycles. The molecule has 1 aliphatic heterocycles. The van der Waals surface area contributed by atoms with E-state index in [9.17, 15) is 27.9 Å². The Morgan fingerprint density at radius 2 is 1.79 bits per heavy atom. The molecule has 1 saturated carbocycles. The van der Waals surface area contributed by atoms with Gasteiger partial charge in [0.05, 0.1) is 5.41 Å². The van der Waals surface area contributed by atoms with Crippen LogP contribution in [0.25, 0.3) is 0 Å². The van der Waals surface area contributed by atoms with E-state index in [1.165, 1.54) is 12.1 Å². The Morgan fingerprint density at radius 3 is 2.34 bits per heavy atom. The number of carbonyl (C=O) groups is 2. The number of anilines is 2. The van der Waals surface area contributed by atoms with Crippen molar-refractivity contribution in [1.82, 2.24) is 0 Å². The highest BCUT2D eigenvalue weighted by Gasteiger charge is 2.56. The van der Waals surface area contributed by atoms with Crippen molar-refractivity contribution in [3.8, 4) is 0 Å². The molecular formula is C21H19F3N2O3. The van der Waals surface area contributed by atoms with E-state index in [1.807, 2.05) is 11.4 Å². The first-order chi connectivity index (χ1) is 13.5. The second-order valence-electron chi connectivity index (χ2n) is 7.72. The molecule has 3 N–H and O–H groups in total. The van der Waals surface area contributed by atoms with E-state index in [0.717, 1.165) is 24.1 Å². The van der Waals surface area contributed by atoms with Gasteiger partial charge in [0, 0.05) is 11.4 Å². The number of benzene rings is 2. The summed E-state index contributed by atoms with van der Waals surface area (Å²) in [6.07, 6.45) is -4.44. The first kappa shape index (κ1) is 19.4. The zero-order valence-electron chi connectivity index (χ0n) is 15.8. The van der Waals surface area contributed by atoms with Gasteiger partial charge in [0.25, 0.3) is 0 Å². The topological polar surface area (TPSA) is 78.4 Å². The maximum atomic E-state index is 12.5. The smallest absolute Gasteiger partial charge is 0.384 e. The number of rotatable bonds is 3. The maximum absolute atomic E-state index is 12.5. The van der Waals surface area contributed by atoms with Crippen molar-refractivity contribution >= 4 is 23.2 Å². The molecule has 1 spiro atoms. The standard InChI is InChI=1S/C21H19F3N2O3/c1-10-7-13(25-19(29)21(22,23)24)8-11(2)16(10)17(27)12-3-4-15-14(9-12)20(5-6-20)18(28)26-15/h3-4,7-9,17,27H,5-6H2,1-2H3,(H,25,29)(H,26,28). The second-order valence-corrected chi connectivity index (χ2v) is 7.72. The fraction of sp³-hybridized carbons (Fsp3) is 0.333. The Balaban J connectivity index is 1.65. The minimum atomic E-state index is -4.98. The van der Waals surface area contributed by atoms with Crippen molar-refractivity contribution in [1.29, 1.82) is 0 Å². The third kappa shape index (κ3) is 3.17. The highest BCUT2D eigenvalue weighted by Crippen LogP contribution is 2.55. The van der Waals surface area contributed by atoms with E-state index in [0.29, 0.717) is 22.3 Å². The third-order valence-electron chi connectivity index (χ3n) is 5.69. The van der Waals surface area contributed by atoms with Gasteiger partial charge in [-0.15, -0.1) is 0 Å². The van der Waals surface area contributed by atoms with Crippen LogP contribution in [-0.2, 0) is 15.0 Å². The van der Waals surface area contributed by atoms with Crippen LogP contribution >= 0.6 is 0 Å². The molecule has 0 bridgehead atoms. The van der Waals surface area contributed by atoms with Gasteiger partial charge in [-0.25, -0.2) is 0 Å². The Bertz CT molecular complexity index is 1020. The van der Waals surface area contributed by atoms with Gasteiger partial charge in [-0.3, -0.25) is 9.59 Å². The molecule has 0 aromatic heterocycles. The maximum Gasteiger partial charge on any atom is 0.471 e. The summed E-state index contributed by atoms with van der Waals surface area (Å²) in [7, 11) is 0. The van der Waals surface area contributed by atoms with Crippen LogP contribution in [-0.4, -0.2) is 23.1 Å². The number of aliphatic hydroxyl groups excluding tert-OH is 1. The van der Waals surface area contributed by atoms with E-state index in [4.69, 9.17) is 0 Å². The molecule has 5 nitrogen and oxygen atoms in total. The molecular weight excluding hydrogens is 385 g/mol. The molecule has 1 fully saturated rings. The van der Waals surface area contributed by atoms with Crippen LogP contribution in [0.1, 0.15) is 46.8 Å². The van der Waals surface area contributed by atoms with Crippen molar-refractivity contribution < 1.29 is 27.9 Å². The lowest BCUT2D eigenvalue weighted by Gasteiger charge is -2.20. The molecule has 4 rings (SSSR count). The minimum absolute atomic E-state index is 0.0129. The lowest BCUT2D eigenvalue weighted by Crippen LogP contribution is -2.30. The third-order valence-corrected chi connectivity index (χ3v) is 5.69. The van der Waals surface area contributed by atoms with E-state index in [1.54, 1.807) is 26.0 Å². The molecule has 1 aliphatic carbocycles. The van der Waals surface area contributed by atoms with Gasteiger partial charge in [0.1, 0.15) is 6.10 Å². The predicted molar refractivity (Wildman–Crippen MR) is 101 cm³/mol. The summed E-state index contributed by atoms with van der Waals surface area (Å²) in [6.45, 7) is 3.32. The lowest BCUT2D eigenvalue weighted by atomic mass is 9.89. The first-order valence-corrected chi connectivity index (χ1v) is 9.16. The molecule has 152 valence electrons. The van der Waals surface area contributed by atoms with Crippen molar-refractivity contribution in [2.45, 2.75) is 44.4 Å². The quantitative estimate of drug-likeness (QED) is 0.727. The minimum Gasteiger partial charge on any atom is -0.384 e. The predicted octanol–water partition coefficient (Wildman–Crippen LogP) is 3.87. The molecule has 2 aliphatic rings. The number of amides is 2. The molecule has 8 heteroatoms. The molecule has 2 aromatic carbocycles. The zero-order valence-corrected chi connectivity index (χ0v) is 15.8. The Labute approximate surface area is 164 Å². The number of nitrogens with one attached hydrogen (secondary N) is 2. The molecule has 1 unspecified atom stereocenters. The van der Waals surface area contributed by atoms with Gasteiger partial charge in [-0.1, -0.05) is 6.07 Å². The Morgan fingerprint density at radius 1 is 1.17 bits per heavy atom. The fourth-order valence-corrected chi connectivity index (χ4v) is 4.07. The van der Waals surface area contributed by atoms with Gasteiger partial charge in [-0.2, -0.15) is 13.2 Å². The molecule has 2 amide bonds. The average Bonchev–Trinajstić information content (AvgIpc) is 3.37. The van der Waals surface area contributed by atoms with Crippen LogP contribution < -0.4 is 10.6 Å². The zero-order chi connectivity index (χ0) is 21.1. The van der Waals surface area contributed by atoms with E-state index in [-0.39, 0.29) is 11.6 Å². The normalized spacial score (nSPS) is 17.7. The highest BCUT2D eigenvalue weighted by molar-refractivity contribution is 6.08. The molecule has 1 atom stereocenters. The number of halogens is 3. The van der Waals surface area contributed by atoms with Crippen LogP contribution in [0, 0.1) is 13.8 Å². The summed E-state index contributed by atoms with van der Waals surface area (Å²) in [6, 6.07) is 8.11. The van der Waals surface area contributed by atoms with E-state index < -0.39 is 23.6 Å². The summed E-state index contributed by atoms with van der Waals surface area (Å²) in [5.41, 5.74) is 3.41. The van der Waals surface area contributed by atoms with E-state index in [2.05, 4.69) is 5.32 Å². The lowest BCUT2D eigenvalue weighted by molar-refractivity contribution is -0.167. The van der Waals surface area contributed by atoms with Crippen molar-refractivity contribution in [3.05, 3.63) is 58.1 Å². The van der Waals surface area contributed by atoms with Crippen LogP contribution in [0.3, 0.4) is 0 Å². The Hall–Kier alpha value is -2.87. The van der Waals surface area contributed by atoms with Gasteiger partial charge in [-0.05, 0) is 78.8 Å². The number of aryl methyl sites for hydroxylation is 2. The summed E-state index contributed by atoms with van der Waals surface area (Å²) >= 11 is 0. The van der Waals surface area contributed by atoms with Crippen molar-refractivity contribution in [2.75, 3.05) is 10.6 Å². The molecule has 0 radical (unpaired) electrons. The van der Waals surface area contributed by atoms with Crippen LogP contribution in [0.2, 0.25) is 0 Å². The average molecular weight is 404 g/mol. The van der Waals surface area contributed by atoms with Crippen LogP contribution in [0.15, 0.2) is 30.3 Å². The summed E-state index contributed by atoms with van der Waals surface area (Å²) in [5, 5.41) is 15.7. The van der Waals surface area contributed by atoms with Crippen LogP contribution in [0.4, 0.5) is 24.5 Å². The Kier molecular flexibility index (Phi) is 4.24. The highest BCUT2D eigenvalue weighted by atomic mass is 19.4. The van der Waals surface area contributed by atoms with Crippen molar-refractivity contribution in [2.24, 2.45) is 0 Å². The molecule has 2 aromatic rings. The number of aliphatic hydroxyl groups is 1. The van der Waals surface area contributed by atoms with Gasteiger partial charge < -0.3 is 15.7 Å². The van der Waals surface area contributed by atoms with E-state index >= 15 is 0 Å². The molecule has 29 heavy (non-hydrogen) atoms. The number of alkyl halides is 3. The van der Waals surface area contributed by atoms with Gasteiger partial charge >= 0.3 is 12.1 Å². The molecule has 1 heterocycles. The summed E-state index contributed by atoms with van der Waals surface area (Å²) in [5.74, 6) is -2.06. The van der Waals surface area contributed by atoms with Gasteiger partial charge in [0.2, 0.25) is 5.91 Å². The van der Waals surface area contributed by atoms with Crippen molar-refractivity contribution in [3.63, 3.8) is 0 Å². The largest absolute Gasteiger partial charge is 0.471 e. The SMILES string of the molecule is Cc1cc(NC(=O)C(F)(F)F)cc(C)c1C(O)c1ccc2c(c1)C1(CC1)C(=O)N2. The number of hydrogen-bond donors (Lipinski definition) is 3. The van der Waals surface area contributed by atoms with Gasteiger partial charge in [0.15, 0.2) is 0 Å². The number of fused-ring (bicyclic) bond motifs is 2. The fourth-order valence-electron chi connectivity index (χ4n) is 4.07. The number of hydrogen-bond acceptors (Lipinski definition) is 3.